The van der Waals surface area contributed by atoms with Gasteiger partial charge in [-0.05, 0) is 25.7 Å². The van der Waals surface area contributed by atoms with Gasteiger partial charge in [0.25, 0.3) is 0 Å². The third-order valence-electron chi connectivity index (χ3n) is 2.42. The molecule has 1 heterocycles. The lowest BCUT2D eigenvalue weighted by Crippen LogP contribution is -2.24. The Morgan fingerprint density at radius 1 is 1.79 bits per heavy atom. The second kappa shape index (κ2) is 3.79. The second-order valence-corrected chi connectivity index (χ2v) is 4.85. The highest BCUT2D eigenvalue weighted by Gasteiger charge is 2.34. The number of ketones is 1. The lowest BCUT2D eigenvalue weighted by Gasteiger charge is -2.05. The van der Waals surface area contributed by atoms with Crippen molar-refractivity contribution < 1.29 is 9.90 Å². The van der Waals surface area contributed by atoms with Crippen molar-refractivity contribution >= 4 is 17.1 Å². The van der Waals surface area contributed by atoms with Gasteiger partial charge in [-0.3, -0.25) is 4.79 Å². The van der Waals surface area contributed by atoms with Gasteiger partial charge in [0.05, 0.1) is 17.1 Å². The average molecular weight is 211 g/mol. The first kappa shape index (κ1) is 9.80. The first-order valence-electron chi connectivity index (χ1n) is 4.78. The molecule has 76 valence electrons. The van der Waals surface area contributed by atoms with Crippen LogP contribution in [0.25, 0.3) is 0 Å². The Kier molecular flexibility index (Phi) is 2.65. The van der Waals surface area contributed by atoms with Crippen LogP contribution in [-0.2, 0) is 11.2 Å². The van der Waals surface area contributed by atoms with Gasteiger partial charge >= 0.3 is 0 Å². The maximum Gasteiger partial charge on any atom is 0.167 e. The zero-order valence-electron chi connectivity index (χ0n) is 8.06. The van der Waals surface area contributed by atoms with Crippen LogP contribution < -0.4 is 0 Å². The van der Waals surface area contributed by atoms with Gasteiger partial charge in [0.1, 0.15) is 6.10 Å². The zero-order valence-corrected chi connectivity index (χ0v) is 8.88. The van der Waals surface area contributed by atoms with Gasteiger partial charge < -0.3 is 5.11 Å². The van der Waals surface area contributed by atoms with E-state index < -0.39 is 6.10 Å². The number of hydrogen-bond donors (Lipinski definition) is 1. The van der Waals surface area contributed by atoms with Crippen LogP contribution in [0.5, 0.6) is 0 Å². The Morgan fingerprint density at radius 2 is 2.50 bits per heavy atom. The predicted molar refractivity (Wildman–Crippen MR) is 54.3 cm³/mol. The minimum Gasteiger partial charge on any atom is -0.385 e. The molecule has 1 aliphatic rings. The molecule has 0 bridgehead atoms. The highest BCUT2D eigenvalue weighted by atomic mass is 32.1. The van der Waals surface area contributed by atoms with Crippen molar-refractivity contribution in [2.75, 3.05) is 0 Å². The maximum atomic E-state index is 11.5. The number of hydrogen-bond acceptors (Lipinski definition) is 4. The molecule has 0 saturated heterocycles. The van der Waals surface area contributed by atoms with Crippen LogP contribution in [-0.4, -0.2) is 22.0 Å². The molecule has 0 radical (unpaired) electrons. The minimum atomic E-state index is -0.753. The van der Waals surface area contributed by atoms with E-state index in [1.165, 1.54) is 11.3 Å². The molecular formula is C10H13NO2S. The smallest absolute Gasteiger partial charge is 0.167 e. The summed E-state index contributed by atoms with van der Waals surface area (Å²) in [6.45, 7) is 1.91. The lowest BCUT2D eigenvalue weighted by molar-refractivity contribution is -0.127. The molecule has 1 fully saturated rings. The standard InChI is InChI=1S/C10H13NO2S/c1-6-11-8(5-14-6)4-9(12)10(13)7-2-3-7/h5,7,10,13H,2-4H2,1H3. The Balaban J connectivity index is 1.93. The van der Waals surface area contributed by atoms with E-state index in [4.69, 9.17) is 0 Å². The summed E-state index contributed by atoms with van der Waals surface area (Å²) in [5.74, 6) is 0.139. The number of rotatable bonds is 4. The number of nitrogens with zero attached hydrogens (tertiary/aromatic N) is 1. The first-order chi connectivity index (χ1) is 6.66. The Bertz CT molecular complexity index is 344. The van der Waals surface area contributed by atoms with Gasteiger partial charge in [0.2, 0.25) is 0 Å². The van der Waals surface area contributed by atoms with E-state index in [0.29, 0.717) is 0 Å². The van der Waals surface area contributed by atoms with E-state index in [0.717, 1.165) is 23.5 Å². The molecule has 1 unspecified atom stereocenters. The van der Waals surface area contributed by atoms with Crippen LogP contribution in [0.1, 0.15) is 23.5 Å². The first-order valence-corrected chi connectivity index (χ1v) is 5.66. The number of carbonyl (C=O) groups is 1. The maximum absolute atomic E-state index is 11.5. The van der Waals surface area contributed by atoms with E-state index in [2.05, 4.69) is 4.98 Å². The average Bonchev–Trinajstić information content (AvgIpc) is 2.91. The fourth-order valence-corrected chi connectivity index (χ4v) is 2.06. The predicted octanol–water partition coefficient (Wildman–Crippen LogP) is 1.33. The summed E-state index contributed by atoms with van der Waals surface area (Å²) in [7, 11) is 0. The zero-order chi connectivity index (χ0) is 10.1. The highest BCUT2D eigenvalue weighted by Crippen LogP contribution is 2.33. The molecule has 1 aromatic rings. The quantitative estimate of drug-likeness (QED) is 0.817. The molecular weight excluding hydrogens is 198 g/mol. The molecule has 0 aliphatic heterocycles. The molecule has 1 N–H and O–H groups in total. The van der Waals surface area contributed by atoms with Crippen LogP contribution in [0.15, 0.2) is 5.38 Å². The third kappa shape index (κ3) is 2.19. The molecule has 1 aliphatic carbocycles. The van der Waals surface area contributed by atoms with Crippen molar-refractivity contribution in [2.24, 2.45) is 5.92 Å². The van der Waals surface area contributed by atoms with Gasteiger partial charge in [-0.2, -0.15) is 0 Å². The van der Waals surface area contributed by atoms with Gasteiger partial charge in [-0.25, -0.2) is 4.98 Å². The van der Waals surface area contributed by atoms with E-state index in [-0.39, 0.29) is 18.1 Å². The molecule has 14 heavy (non-hydrogen) atoms. The molecule has 0 spiro atoms. The van der Waals surface area contributed by atoms with Crippen LogP contribution in [0.4, 0.5) is 0 Å². The number of aliphatic hydroxyl groups excluding tert-OH is 1. The van der Waals surface area contributed by atoms with Crippen LogP contribution in [0.3, 0.4) is 0 Å². The number of thiazole rings is 1. The van der Waals surface area contributed by atoms with Gasteiger partial charge in [-0.15, -0.1) is 11.3 Å². The fourth-order valence-electron chi connectivity index (χ4n) is 1.45. The number of aromatic nitrogens is 1. The van der Waals surface area contributed by atoms with E-state index >= 15 is 0 Å². The number of Topliss-reactive ketones (excluding diaryl/α,β-unsaturated/α-hetero) is 1. The van der Waals surface area contributed by atoms with Crippen molar-refractivity contribution in [1.82, 2.24) is 4.98 Å². The fraction of sp³-hybridized carbons (Fsp3) is 0.600. The van der Waals surface area contributed by atoms with E-state index in [1.807, 2.05) is 12.3 Å². The SMILES string of the molecule is Cc1nc(CC(=O)C(O)C2CC2)cs1. The molecule has 0 amide bonds. The highest BCUT2D eigenvalue weighted by molar-refractivity contribution is 7.09. The summed E-state index contributed by atoms with van der Waals surface area (Å²) in [5, 5.41) is 12.4. The molecule has 1 saturated carbocycles. The van der Waals surface area contributed by atoms with Gasteiger partial charge in [0.15, 0.2) is 5.78 Å². The summed E-state index contributed by atoms with van der Waals surface area (Å²) in [5.41, 5.74) is 0.789. The van der Waals surface area contributed by atoms with Gasteiger partial charge in [-0.1, -0.05) is 0 Å². The van der Waals surface area contributed by atoms with Crippen LogP contribution >= 0.6 is 11.3 Å². The lowest BCUT2D eigenvalue weighted by atomic mass is 10.1. The molecule has 2 rings (SSSR count). The molecule has 1 atom stereocenters. The van der Waals surface area contributed by atoms with Crippen molar-refractivity contribution in [3.05, 3.63) is 16.1 Å². The summed E-state index contributed by atoms with van der Waals surface area (Å²) in [6.07, 6.45) is 1.51. The normalized spacial score (nSPS) is 18.1. The molecule has 0 aromatic carbocycles. The molecule has 1 aromatic heterocycles. The second-order valence-electron chi connectivity index (χ2n) is 3.78. The summed E-state index contributed by atoms with van der Waals surface area (Å²) < 4.78 is 0. The van der Waals surface area contributed by atoms with Crippen molar-refractivity contribution in [1.29, 1.82) is 0 Å². The van der Waals surface area contributed by atoms with Crippen molar-refractivity contribution in [2.45, 2.75) is 32.3 Å². The van der Waals surface area contributed by atoms with Crippen LogP contribution in [0, 0.1) is 12.8 Å². The Labute approximate surface area is 86.8 Å². The number of carbonyl (C=O) groups excluding carboxylic acids is 1. The largest absolute Gasteiger partial charge is 0.385 e. The van der Waals surface area contributed by atoms with Gasteiger partial charge in [0, 0.05) is 5.38 Å². The topological polar surface area (TPSA) is 50.2 Å². The monoisotopic (exact) mass is 211 g/mol. The Hall–Kier alpha value is -0.740. The Morgan fingerprint density at radius 3 is 3.00 bits per heavy atom. The summed E-state index contributed by atoms with van der Waals surface area (Å²) >= 11 is 1.54. The van der Waals surface area contributed by atoms with E-state index in [1.54, 1.807) is 0 Å². The molecule has 3 nitrogen and oxygen atoms in total. The van der Waals surface area contributed by atoms with E-state index in [9.17, 15) is 9.90 Å². The van der Waals surface area contributed by atoms with Crippen molar-refractivity contribution in [3.8, 4) is 0 Å². The minimum absolute atomic E-state index is 0.0854. The molecule has 4 heteroatoms. The van der Waals surface area contributed by atoms with Crippen LogP contribution in [0.2, 0.25) is 0 Å². The third-order valence-corrected chi connectivity index (χ3v) is 3.24. The number of aryl methyl sites for hydroxylation is 1. The van der Waals surface area contributed by atoms with Crippen molar-refractivity contribution in [3.63, 3.8) is 0 Å². The number of aliphatic hydroxyl groups is 1. The summed E-state index contributed by atoms with van der Waals surface area (Å²) in [4.78, 5) is 15.7. The summed E-state index contributed by atoms with van der Waals surface area (Å²) in [6, 6.07) is 0.